The standard InChI is InChI=1S/C71H45F3N6.C59H38F3N5/c1-44-18-16-23-47(38-44)57-40-49(70-76-68(45-19-4-2-5-20-45)75-69(77-70)46-21-6-3-7-22-46)41-58(48-24-17-25-50(39-48)71(72,73)74)67(57)80-65-36-34-51(78-61-30-12-8-26-53(61)54-27-9-13-31-62(54)78)42-59(65)60-43-52(35-37-66(60)80)79-63-32-14-10-28-55(63)56-29-11-15-33-64(56)79;1-37-16-14-21-40(32-37)48-34-42(58-64-56(38-17-4-2-5-18-38)63-57(65-58)39-19-6-3-7-20-39)35-49(41-22-15-23-43(33-41)59(60,61)62)55(48)67-53-29-13-10-26-47(53)50-36-44(30-31-54(50)67)66-51-27-11-8-24-45(51)46-25-9-12-28-52(46)66/h2-43H,1H3;2-36H,1H3. The molecule has 17 heteroatoms. The minimum atomic E-state index is -4.62. The van der Waals surface area contributed by atoms with Gasteiger partial charge in [-0.3, -0.25) is 0 Å². The van der Waals surface area contributed by atoms with Crippen LogP contribution < -0.4 is 0 Å². The lowest BCUT2D eigenvalue weighted by molar-refractivity contribution is -0.138. The van der Waals surface area contributed by atoms with E-state index in [-0.39, 0.29) is 0 Å². The molecule has 7 aromatic heterocycles. The Morgan fingerprint density at radius 1 is 0.163 bits per heavy atom. The number of para-hydroxylation sites is 7. The van der Waals surface area contributed by atoms with Crippen molar-refractivity contribution in [3.05, 3.63) is 489 Å². The van der Waals surface area contributed by atoms with Crippen molar-refractivity contribution in [1.29, 1.82) is 0 Å². The van der Waals surface area contributed by atoms with Crippen LogP contribution in [0.4, 0.5) is 26.3 Å². The average Bonchev–Trinajstić information content (AvgIpc) is 1.57. The highest BCUT2D eigenvalue weighted by Gasteiger charge is 2.35. The summed E-state index contributed by atoms with van der Waals surface area (Å²) in [5, 5.41) is 10.9. The lowest BCUT2D eigenvalue weighted by atomic mass is 9.91. The maximum absolute atomic E-state index is 15.1. The van der Waals surface area contributed by atoms with Crippen LogP contribution in [0.5, 0.6) is 0 Å². The van der Waals surface area contributed by atoms with Gasteiger partial charge in [-0.15, -0.1) is 0 Å². The number of benzene rings is 20. The van der Waals surface area contributed by atoms with Crippen molar-refractivity contribution < 1.29 is 26.3 Å². The summed E-state index contributed by atoms with van der Waals surface area (Å²) in [4.78, 5) is 30.5. The molecule has 0 aliphatic rings. The van der Waals surface area contributed by atoms with Crippen LogP contribution in [0, 0.1) is 13.8 Å². The third-order valence-electron chi connectivity index (χ3n) is 28.1. The molecule has 7 heterocycles. The summed E-state index contributed by atoms with van der Waals surface area (Å²) in [6.07, 6.45) is -9.19. The first-order valence-electron chi connectivity index (χ1n) is 48.7. The molecule has 0 atom stereocenters. The van der Waals surface area contributed by atoms with Crippen LogP contribution in [-0.4, -0.2) is 52.7 Å². The molecule has 700 valence electrons. The fourth-order valence-electron chi connectivity index (χ4n) is 21.6. The van der Waals surface area contributed by atoms with Crippen molar-refractivity contribution in [3.8, 4) is 141 Å². The Kier molecular flexibility index (Phi) is 21.4. The van der Waals surface area contributed by atoms with E-state index in [9.17, 15) is 13.2 Å². The van der Waals surface area contributed by atoms with E-state index in [2.05, 4.69) is 285 Å². The maximum Gasteiger partial charge on any atom is 0.416 e. The minimum Gasteiger partial charge on any atom is -0.309 e. The Balaban J connectivity index is 0.000000151. The quantitative estimate of drug-likeness (QED) is 0.0948. The van der Waals surface area contributed by atoms with Crippen LogP contribution in [0.1, 0.15) is 22.3 Å². The highest BCUT2D eigenvalue weighted by Crippen LogP contribution is 2.51. The second-order valence-corrected chi connectivity index (χ2v) is 37.2. The zero-order valence-corrected chi connectivity index (χ0v) is 79.1. The van der Waals surface area contributed by atoms with Gasteiger partial charge in [0.25, 0.3) is 0 Å². The molecule has 147 heavy (non-hydrogen) atoms. The Bertz CT molecular complexity index is 9500. The Labute approximate surface area is 839 Å². The fraction of sp³-hybridized carbons (Fsp3) is 0.0308. The Morgan fingerprint density at radius 3 is 0.626 bits per heavy atom. The van der Waals surface area contributed by atoms with Crippen LogP contribution in [0.15, 0.2) is 467 Å². The molecule has 0 N–H and O–H groups in total. The molecule has 0 bridgehead atoms. The van der Waals surface area contributed by atoms with Gasteiger partial charge >= 0.3 is 12.4 Å². The van der Waals surface area contributed by atoms with Crippen molar-refractivity contribution in [2.45, 2.75) is 26.2 Å². The van der Waals surface area contributed by atoms with Crippen molar-refractivity contribution in [2.24, 2.45) is 0 Å². The number of nitrogens with zero attached hydrogens (tertiary/aromatic N) is 11. The highest BCUT2D eigenvalue weighted by atomic mass is 19.4. The molecule has 20 aromatic carbocycles. The normalized spacial score (nSPS) is 11.9. The van der Waals surface area contributed by atoms with Gasteiger partial charge in [-0.2, -0.15) is 26.3 Å². The molecular weight excluding hydrogens is 1830 g/mol. The van der Waals surface area contributed by atoms with Crippen LogP contribution in [0.25, 0.3) is 250 Å². The molecule has 0 amide bonds. The first-order chi connectivity index (χ1) is 72.0. The molecule has 0 saturated carbocycles. The predicted molar refractivity (Wildman–Crippen MR) is 585 cm³/mol. The molecular formula is C130H83F6N11. The first-order valence-corrected chi connectivity index (χ1v) is 48.7. The van der Waals surface area contributed by atoms with E-state index in [0.29, 0.717) is 74.0 Å². The third kappa shape index (κ3) is 15.6. The molecule has 0 radical (unpaired) electrons. The van der Waals surface area contributed by atoms with E-state index in [0.717, 1.165) is 189 Å². The smallest absolute Gasteiger partial charge is 0.309 e. The van der Waals surface area contributed by atoms with Crippen LogP contribution in [0.3, 0.4) is 0 Å². The molecule has 0 saturated heterocycles. The summed E-state index contributed by atoms with van der Waals surface area (Å²) in [5.41, 5.74) is 24.7. The number of aromatic nitrogens is 11. The van der Waals surface area contributed by atoms with Crippen LogP contribution >= 0.6 is 0 Å². The van der Waals surface area contributed by atoms with Gasteiger partial charge in [-0.25, -0.2) is 29.9 Å². The van der Waals surface area contributed by atoms with Crippen LogP contribution in [0.2, 0.25) is 0 Å². The summed E-state index contributed by atoms with van der Waals surface area (Å²) in [7, 11) is 0. The largest absolute Gasteiger partial charge is 0.416 e. The summed E-state index contributed by atoms with van der Waals surface area (Å²) in [6, 6.07) is 154. The van der Waals surface area contributed by atoms with Gasteiger partial charge in [0, 0.05) is 127 Å². The predicted octanol–water partition coefficient (Wildman–Crippen LogP) is 34.6. The molecule has 0 fully saturated rings. The van der Waals surface area contributed by atoms with Gasteiger partial charge in [0.2, 0.25) is 0 Å². The molecule has 11 nitrogen and oxygen atoms in total. The maximum atomic E-state index is 15.1. The number of halogens is 6. The van der Waals surface area contributed by atoms with E-state index >= 15 is 13.2 Å². The van der Waals surface area contributed by atoms with Gasteiger partial charge in [0.05, 0.1) is 77.7 Å². The Morgan fingerprint density at radius 2 is 0.367 bits per heavy atom. The molecule has 0 unspecified atom stereocenters. The molecule has 27 rings (SSSR count). The van der Waals surface area contributed by atoms with E-state index in [1.165, 1.54) is 35.0 Å². The fourth-order valence-corrected chi connectivity index (χ4v) is 21.6. The number of alkyl halides is 6. The monoisotopic (exact) mass is 1910 g/mol. The van der Waals surface area contributed by atoms with E-state index in [1.54, 1.807) is 12.1 Å². The van der Waals surface area contributed by atoms with Crippen LogP contribution in [-0.2, 0) is 12.4 Å². The number of fused-ring (bicyclic) bond motifs is 15. The molecule has 0 spiro atoms. The summed E-state index contributed by atoms with van der Waals surface area (Å²) in [6.45, 7) is 4.10. The first kappa shape index (κ1) is 88.2. The molecule has 27 aromatic rings. The van der Waals surface area contributed by atoms with E-state index in [1.807, 2.05) is 171 Å². The van der Waals surface area contributed by atoms with Crippen molar-refractivity contribution in [3.63, 3.8) is 0 Å². The van der Waals surface area contributed by atoms with Gasteiger partial charge in [0.15, 0.2) is 34.9 Å². The second kappa shape index (κ2) is 35.6. The third-order valence-corrected chi connectivity index (χ3v) is 28.1. The lowest BCUT2D eigenvalue weighted by Crippen LogP contribution is -2.06. The van der Waals surface area contributed by atoms with E-state index < -0.39 is 23.5 Å². The average molecular weight is 1910 g/mol. The summed E-state index contributed by atoms with van der Waals surface area (Å²) < 4.78 is 101. The highest BCUT2D eigenvalue weighted by molar-refractivity contribution is 6.17. The van der Waals surface area contributed by atoms with Gasteiger partial charge in [-0.05, 0) is 182 Å². The van der Waals surface area contributed by atoms with Crippen molar-refractivity contribution >= 4 is 109 Å². The number of rotatable bonds is 15. The topological polar surface area (TPSA) is 102 Å². The zero-order chi connectivity index (χ0) is 98.9. The number of hydrogen-bond acceptors (Lipinski definition) is 6. The summed E-state index contributed by atoms with van der Waals surface area (Å²) in [5.74, 6) is 2.66. The van der Waals surface area contributed by atoms with Gasteiger partial charge in [0.1, 0.15) is 0 Å². The Hall–Kier alpha value is -19.0. The number of hydrogen-bond donors (Lipinski definition) is 0. The SMILES string of the molecule is Cc1cccc(-c2cc(-c3nc(-c4ccccc4)nc(-c4ccccc4)n3)cc(-c3cccc(C(F)(F)F)c3)c2-n2c3ccc(-n4c5ccccc5c5ccccc54)cc3c3cc(-n4c5ccccc5c5ccccc54)ccc32)c1.Cc1cccc(-c2cc(-c3nc(-c4ccccc4)nc(-c4ccccc4)n3)cc(-c3cccc(C(F)(F)F)c3)c2-n2c3ccccc3c3cc(-n4c5ccccc5c5ccccc54)ccc32)c1. The molecule has 0 aliphatic heterocycles. The summed E-state index contributed by atoms with van der Waals surface area (Å²) >= 11 is 0. The van der Waals surface area contributed by atoms with Gasteiger partial charge in [-0.1, -0.05) is 333 Å². The van der Waals surface area contributed by atoms with Gasteiger partial charge < -0.3 is 22.8 Å². The van der Waals surface area contributed by atoms with Crippen molar-refractivity contribution in [2.75, 3.05) is 0 Å². The van der Waals surface area contributed by atoms with Crippen molar-refractivity contribution in [1.82, 2.24) is 52.7 Å². The lowest BCUT2D eigenvalue weighted by Gasteiger charge is -2.22. The minimum absolute atomic E-state index is 0.375. The van der Waals surface area contributed by atoms with E-state index in [4.69, 9.17) is 29.9 Å². The second-order valence-electron chi connectivity index (χ2n) is 37.2. The molecule has 0 aliphatic carbocycles. The number of aryl methyl sites for hydroxylation is 2. The zero-order valence-electron chi connectivity index (χ0n) is 79.1.